The van der Waals surface area contributed by atoms with Crippen LogP contribution in [0.5, 0.6) is 11.5 Å². The van der Waals surface area contributed by atoms with Crippen molar-refractivity contribution in [3.05, 3.63) is 53.6 Å². The summed E-state index contributed by atoms with van der Waals surface area (Å²) in [5.74, 6) is 1.47. The standard InChI is InChI=1S/C27H37N3O4/c1-5-19(2)26(31)29-21-13-16-30(17-14-21)23-9-7-6-8-22(23)27(32)28-15-12-20-10-11-24(33-3)25(18-20)34-4/h6-11,18-19,21H,5,12-17H2,1-4H3,(H,28,32)(H,29,31)/t19-/m0/s1. The topological polar surface area (TPSA) is 79.9 Å². The number of rotatable bonds is 10. The Hall–Kier alpha value is -3.22. The number of carbonyl (C=O) groups is 2. The van der Waals surface area contributed by atoms with Crippen LogP contribution in [0.2, 0.25) is 0 Å². The summed E-state index contributed by atoms with van der Waals surface area (Å²) in [7, 11) is 3.23. The van der Waals surface area contributed by atoms with E-state index in [0.717, 1.165) is 43.6 Å². The molecule has 0 bridgehead atoms. The lowest BCUT2D eigenvalue weighted by Crippen LogP contribution is -2.46. The van der Waals surface area contributed by atoms with Gasteiger partial charge in [-0.15, -0.1) is 0 Å². The number of amides is 2. The number of benzene rings is 2. The van der Waals surface area contributed by atoms with Crippen LogP contribution < -0.4 is 25.0 Å². The van der Waals surface area contributed by atoms with E-state index in [1.165, 1.54) is 0 Å². The van der Waals surface area contributed by atoms with Gasteiger partial charge in [-0.25, -0.2) is 0 Å². The molecule has 1 fully saturated rings. The molecule has 184 valence electrons. The van der Waals surface area contributed by atoms with Crippen LogP contribution in [0.3, 0.4) is 0 Å². The third-order valence-electron chi connectivity index (χ3n) is 6.54. The summed E-state index contributed by atoms with van der Waals surface area (Å²) in [5, 5.41) is 6.23. The van der Waals surface area contributed by atoms with Crippen molar-refractivity contribution in [2.45, 2.75) is 45.6 Å². The van der Waals surface area contributed by atoms with Gasteiger partial charge in [0.25, 0.3) is 5.91 Å². The van der Waals surface area contributed by atoms with Gasteiger partial charge in [0.1, 0.15) is 0 Å². The molecule has 2 amide bonds. The average molecular weight is 468 g/mol. The van der Waals surface area contributed by atoms with Crippen LogP contribution in [0, 0.1) is 5.92 Å². The monoisotopic (exact) mass is 467 g/mol. The number of anilines is 1. The van der Waals surface area contributed by atoms with E-state index >= 15 is 0 Å². The molecule has 34 heavy (non-hydrogen) atoms. The Labute approximate surface area is 202 Å². The van der Waals surface area contributed by atoms with Gasteiger partial charge >= 0.3 is 0 Å². The molecule has 0 aromatic heterocycles. The first-order valence-corrected chi connectivity index (χ1v) is 12.1. The summed E-state index contributed by atoms with van der Waals surface area (Å²) < 4.78 is 10.6. The minimum atomic E-state index is -0.0803. The van der Waals surface area contributed by atoms with E-state index in [1.54, 1.807) is 14.2 Å². The Kier molecular flexibility index (Phi) is 9.19. The smallest absolute Gasteiger partial charge is 0.253 e. The molecular formula is C27H37N3O4. The van der Waals surface area contributed by atoms with E-state index < -0.39 is 0 Å². The second kappa shape index (κ2) is 12.3. The van der Waals surface area contributed by atoms with Crippen molar-refractivity contribution in [1.29, 1.82) is 0 Å². The predicted molar refractivity (Wildman–Crippen MR) is 135 cm³/mol. The average Bonchev–Trinajstić information content (AvgIpc) is 2.88. The molecule has 7 heteroatoms. The van der Waals surface area contributed by atoms with E-state index in [4.69, 9.17) is 9.47 Å². The normalized spacial score (nSPS) is 14.9. The Bertz CT molecular complexity index is 970. The SMILES string of the molecule is CC[C@H](C)C(=O)NC1CCN(c2ccccc2C(=O)NCCc2ccc(OC)c(OC)c2)CC1. The second-order valence-corrected chi connectivity index (χ2v) is 8.79. The molecular weight excluding hydrogens is 430 g/mol. The number of nitrogens with one attached hydrogen (secondary N) is 2. The van der Waals surface area contributed by atoms with Gasteiger partial charge in [0, 0.05) is 37.3 Å². The van der Waals surface area contributed by atoms with Crippen LogP contribution in [0.4, 0.5) is 5.69 Å². The van der Waals surface area contributed by atoms with Crippen LogP contribution in [-0.4, -0.2) is 51.7 Å². The summed E-state index contributed by atoms with van der Waals surface area (Å²) >= 11 is 0. The van der Waals surface area contributed by atoms with Crippen molar-refractivity contribution < 1.29 is 19.1 Å². The number of ether oxygens (including phenoxy) is 2. The molecule has 2 aromatic carbocycles. The lowest BCUT2D eigenvalue weighted by Gasteiger charge is -2.35. The number of methoxy groups -OCH3 is 2. The highest BCUT2D eigenvalue weighted by atomic mass is 16.5. The van der Waals surface area contributed by atoms with E-state index in [-0.39, 0.29) is 23.8 Å². The van der Waals surface area contributed by atoms with Crippen molar-refractivity contribution in [2.24, 2.45) is 5.92 Å². The first kappa shape index (κ1) is 25.4. The van der Waals surface area contributed by atoms with Gasteiger partial charge in [0.2, 0.25) is 5.91 Å². The first-order chi connectivity index (χ1) is 16.5. The molecule has 0 unspecified atom stereocenters. The zero-order valence-corrected chi connectivity index (χ0v) is 20.7. The van der Waals surface area contributed by atoms with Gasteiger partial charge in [0.15, 0.2) is 11.5 Å². The van der Waals surface area contributed by atoms with Crippen molar-refractivity contribution in [2.75, 3.05) is 38.8 Å². The number of para-hydroxylation sites is 1. The van der Waals surface area contributed by atoms with Crippen LogP contribution in [0.25, 0.3) is 0 Å². The number of piperidine rings is 1. The summed E-state index contributed by atoms with van der Waals surface area (Å²) in [5.41, 5.74) is 2.68. The fraction of sp³-hybridized carbons (Fsp3) is 0.481. The molecule has 0 radical (unpaired) electrons. The van der Waals surface area contributed by atoms with Crippen molar-refractivity contribution in [3.8, 4) is 11.5 Å². The van der Waals surface area contributed by atoms with Crippen LogP contribution in [-0.2, 0) is 11.2 Å². The molecule has 2 aromatic rings. The summed E-state index contributed by atoms with van der Waals surface area (Å²) in [6, 6.07) is 13.7. The quantitative estimate of drug-likeness (QED) is 0.556. The Morgan fingerprint density at radius 2 is 1.76 bits per heavy atom. The number of nitrogens with zero attached hydrogens (tertiary/aromatic N) is 1. The van der Waals surface area contributed by atoms with Gasteiger partial charge in [-0.2, -0.15) is 0 Å². The highest BCUT2D eigenvalue weighted by Gasteiger charge is 2.24. The Morgan fingerprint density at radius 3 is 2.44 bits per heavy atom. The maximum absolute atomic E-state index is 13.0. The first-order valence-electron chi connectivity index (χ1n) is 12.1. The van der Waals surface area contributed by atoms with Crippen LogP contribution >= 0.6 is 0 Å². The maximum Gasteiger partial charge on any atom is 0.253 e. The van der Waals surface area contributed by atoms with Crippen molar-refractivity contribution >= 4 is 17.5 Å². The third-order valence-corrected chi connectivity index (χ3v) is 6.54. The molecule has 7 nitrogen and oxygen atoms in total. The molecule has 0 aliphatic carbocycles. The Balaban J connectivity index is 1.56. The van der Waals surface area contributed by atoms with Crippen LogP contribution in [0.1, 0.15) is 49.0 Å². The number of carbonyl (C=O) groups excluding carboxylic acids is 2. The van der Waals surface area contributed by atoms with Gasteiger partial charge < -0.3 is 25.0 Å². The summed E-state index contributed by atoms with van der Waals surface area (Å²) in [6.45, 7) is 6.13. The molecule has 1 atom stereocenters. The Morgan fingerprint density at radius 1 is 1.06 bits per heavy atom. The molecule has 1 aliphatic heterocycles. The molecule has 1 saturated heterocycles. The van der Waals surface area contributed by atoms with Gasteiger partial charge in [-0.3, -0.25) is 9.59 Å². The fourth-order valence-corrected chi connectivity index (χ4v) is 4.19. The lowest BCUT2D eigenvalue weighted by molar-refractivity contribution is -0.125. The molecule has 1 aliphatic rings. The van der Waals surface area contributed by atoms with E-state index in [2.05, 4.69) is 15.5 Å². The zero-order valence-electron chi connectivity index (χ0n) is 20.7. The minimum absolute atomic E-state index is 0.0430. The van der Waals surface area contributed by atoms with Crippen molar-refractivity contribution in [1.82, 2.24) is 10.6 Å². The predicted octanol–water partition coefficient (Wildman–Crippen LogP) is 3.81. The van der Waals surface area contributed by atoms with Crippen LogP contribution in [0.15, 0.2) is 42.5 Å². The van der Waals surface area contributed by atoms with Gasteiger partial charge in [0.05, 0.1) is 19.8 Å². The van der Waals surface area contributed by atoms with E-state index in [1.807, 2.05) is 56.3 Å². The summed E-state index contributed by atoms with van der Waals surface area (Å²) in [4.78, 5) is 27.5. The summed E-state index contributed by atoms with van der Waals surface area (Å²) in [6.07, 6.45) is 3.28. The highest BCUT2D eigenvalue weighted by Crippen LogP contribution is 2.28. The highest BCUT2D eigenvalue weighted by molar-refractivity contribution is 5.99. The zero-order chi connectivity index (χ0) is 24.5. The third kappa shape index (κ3) is 6.43. The maximum atomic E-state index is 13.0. The van der Waals surface area contributed by atoms with Gasteiger partial charge in [-0.05, 0) is 55.5 Å². The molecule has 2 N–H and O–H groups in total. The number of hydrogen-bond donors (Lipinski definition) is 2. The lowest BCUT2D eigenvalue weighted by atomic mass is 10.0. The van der Waals surface area contributed by atoms with E-state index in [0.29, 0.717) is 30.0 Å². The largest absolute Gasteiger partial charge is 0.493 e. The van der Waals surface area contributed by atoms with Gasteiger partial charge in [-0.1, -0.05) is 32.0 Å². The second-order valence-electron chi connectivity index (χ2n) is 8.79. The number of hydrogen-bond acceptors (Lipinski definition) is 5. The van der Waals surface area contributed by atoms with E-state index in [9.17, 15) is 9.59 Å². The van der Waals surface area contributed by atoms with Crippen molar-refractivity contribution in [3.63, 3.8) is 0 Å². The molecule has 0 spiro atoms. The minimum Gasteiger partial charge on any atom is -0.493 e. The molecule has 0 saturated carbocycles. The molecule has 3 rings (SSSR count). The fourth-order valence-electron chi connectivity index (χ4n) is 4.19. The molecule has 1 heterocycles.